The predicted molar refractivity (Wildman–Crippen MR) is 107 cm³/mol. The van der Waals surface area contributed by atoms with Crippen molar-refractivity contribution < 1.29 is 19.1 Å². The Balaban J connectivity index is 1.70. The zero-order valence-corrected chi connectivity index (χ0v) is 16.8. The van der Waals surface area contributed by atoms with E-state index in [9.17, 15) is 9.59 Å². The van der Waals surface area contributed by atoms with Crippen molar-refractivity contribution in [3.63, 3.8) is 0 Å². The highest BCUT2D eigenvalue weighted by atomic mass is 35.5. The van der Waals surface area contributed by atoms with Crippen LogP contribution in [0.25, 0.3) is 0 Å². The second-order valence-electron chi connectivity index (χ2n) is 7.06. The van der Waals surface area contributed by atoms with Crippen molar-refractivity contribution in [1.29, 1.82) is 0 Å². The van der Waals surface area contributed by atoms with Gasteiger partial charge in [-0.05, 0) is 35.7 Å². The predicted octanol–water partition coefficient (Wildman–Crippen LogP) is 3.48. The van der Waals surface area contributed by atoms with Crippen LogP contribution >= 0.6 is 11.6 Å². The average Bonchev–Trinajstić information content (AvgIpc) is 3.13. The van der Waals surface area contributed by atoms with Crippen molar-refractivity contribution in [3.8, 4) is 11.5 Å². The fourth-order valence-electron chi connectivity index (χ4n) is 3.01. The number of halogens is 1. The number of hydrogen-bond donors (Lipinski definition) is 1. The monoisotopic (exact) mass is 402 g/mol. The van der Waals surface area contributed by atoms with E-state index >= 15 is 0 Å². The van der Waals surface area contributed by atoms with Gasteiger partial charge in [0.1, 0.15) is 6.04 Å². The van der Waals surface area contributed by atoms with Crippen LogP contribution in [0, 0.1) is 5.92 Å². The molecule has 0 bridgehead atoms. The molecule has 2 aromatic rings. The lowest BCUT2D eigenvalue weighted by atomic mass is 10.0. The Bertz CT molecular complexity index is 884. The molecule has 0 spiro atoms. The second kappa shape index (κ2) is 8.52. The molecule has 0 aromatic heterocycles. The molecule has 0 radical (unpaired) electrons. The van der Waals surface area contributed by atoms with E-state index in [4.69, 9.17) is 21.1 Å². The summed E-state index contributed by atoms with van der Waals surface area (Å²) in [6, 6.07) is 11.7. The Labute approximate surface area is 169 Å². The molecule has 0 fully saturated rings. The number of likely N-dealkylation sites (N-methyl/N-ethyl adjacent to an activating group) is 1. The number of ether oxygens (including phenoxy) is 2. The maximum Gasteiger partial charge on any atom is 0.253 e. The third-order valence-corrected chi connectivity index (χ3v) is 4.90. The third-order valence-electron chi connectivity index (χ3n) is 4.57. The number of hydrogen-bond acceptors (Lipinski definition) is 4. The van der Waals surface area contributed by atoms with Gasteiger partial charge in [0, 0.05) is 13.6 Å². The Morgan fingerprint density at radius 1 is 1.14 bits per heavy atom. The summed E-state index contributed by atoms with van der Waals surface area (Å²) in [6.07, 6.45) is 0. The van der Waals surface area contributed by atoms with E-state index < -0.39 is 6.04 Å². The molecule has 0 saturated carbocycles. The number of carbonyl (C=O) groups is 2. The Kier molecular flexibility index (Phi) is 6.09. The highest BCUT2D eigenvalue weighted by Gasteiger charge is 2.28. The van der Waals surface area contributed by atoms with Crippen LogP contribution in [-0.2, 0) is 11.3 Å². The summed E-state index contributed by atoms with van der Waals surface area (Å²) in [5.74, 6) is 0.746. The van der Waals surface area contributed by atoms with Crippen molar-refractivity contribution in [1.82, 2.24) is 10.2 Å². The maximum absolute atomic E-state index is 13.0. The second-order valence-corrected chi connectivity index (χ2v) is 7.46. The van der Waals surface area contributed by atoms with Gasteiger partial charge in [0.05, 0.1) is 10.6 Å². The summed E-state index contributed by atoms with van der Waals surface area (Å²) < 4.78 is 10.7. The van der Waals surface area contributed by atoms with Gasteiger partial charge in [-0.25, -0.2) is 0 Å². The molecule has 28 heavy (non-hydrogen) atoms. The Morgan fingerprint density at radius 2 is 1.86 bits per heavy atom. The lowest BCUT2D eigenvalue weighted by molar-refractivity contribution is -0.133. The van der Waals surface area contributed by atoms with Gasteiger partial charge in [0.15, 0.2) is 11.5 Å². The fourth-order valence-corrected chi connectivity index (χ4v) is 3.23. The summed E-state index contributed by atoms with van der Waals surface area (Å²) in [4.78, 5) is 27.2. The van der Waals surface area contributed by atoms with Gasteiger partial charge in [0.25, 0.3) is 5.91 Å². The smallest absolute Gasteiger partial charge is 0.253 e. The first-order valence-electron chi connectivity index (χ1n) is 9.05. The van der Waals surface area contributed by atoms with E-state index in [1.54, 1.807) is 36.2 Å². The minimum Gasteiger partial charge on any atom is -0.454 e. The molecule has 148 valence electrons. The van der Waals surface area contributed by atoms with Crippen LogP contribution in [0.2, 0.25) is 5.02 Å². The standard InChI is InChI=1S/C21H23ClN2O4/c1-13(2)19(23-20(25)15-6-4-5-7-16(15)22)21(26)24(3)11-14-8-9-17-18(10-14)28-12-27-17/h4-10,13,19H,11-12H2,1-3H3,(H,23,25)/t19-/m0/s1. The molecular formula is C21H23ClN2O4. The first kappa shape index (κ1) is 20.0. The zero-order chi connectivity index (χ0) is 20.3. The molecule has 1 N–H and O–H groups in total. The zero-order valence-electron chi connectivity index (χ0n) is 16.1. The SMILES string of the molecule is CC(C)[C@H](NC(=O)c1ccccc1Cl)C(=O)N(C)Cc1ccc2c(c1)OCO2. The molecule has 0 aliphatic carbocycles. The third kappa shape index (κ3) is 4.39. The van der Waals surface area contributed by atoms with Crippen molar-refractivity contribution in [2.24, 2.45) is 5.92 Å². The van der Waals surface area contributed by atoms with E-state index in [1.807, 2.05) is 32.0 Å². The molecule has 1 atom stereocenters. The molecule has 2 aromatic carbocycles. The van der Waals surface area contributed by atoms with Gasteiger partial charge in [-0.15, -0.1) is 0 Å². The highest BCUT2D eigenvalue weighted by Crippen LogP contribution is 2.32. The van der Waals surface area contributed by atoms with Crippen LogP contribution in [0.15, 0.2) is 42.5 Å². The number of fused-ring (bicyclic) bond motifs is 1. The number of nitrogens with one attached hydrogen (secondary N) is 1. The lowest BCUT2D eigenvalue weighted by Crippen LogP contribution is -2.50. The van der Waals surface area contributed by atoms with Crippen LogP contribution in [-0.4, -0.2) is 36.6 Å². The fraction of sp³-hybridized carbons (Fsp3) is 0.333. The van der Waals surface area contributed by atoms with Crippen LogP contribution in [0.3, 0.4) is 0 Å². The molecule has 1 aliphatic rings. The molecule has 0 saturated heterocycles. The van der Waals surface area contributed by atoms with Gasteiger partial charge >= 0.3 is 0 Å². The molecular weight excluding hydrogens is 380 g/mol. The highest BCUT2D eigenvalue weighted by molar-refractivity contribution is 6.33. The van der Waals surface area contributed by atoms with Gasteiger partial charge in [0.2, 0.25) is 12.7 Å². The molecule has 6 nitrogen and oxygen atoms in total. The number of carbonyl (C=O) groups excluding carboxylic acids is 2. The molecule has 1 heterocycles. The molecule has 1 aliphatic heterocycles. The van der Waals surface area contributed by atoms with Crippen LogP contribution in [0.4, 0.5) is 0 Å². The number of amides is 2. The Morgan fingerprint density at radius 3 is 2.57 bits per heavy atom. The Hall–Kier alpha value is -2.73. The van der Waals surface area contributed by atoms with E-state index in [-0.39, 0.29) is 24.5 Å². The molecule has 3 rings (SSSR count). The van der Waals surface area contributed by atoms with E-state index in [0.29, 0.717) is 28.6 Å². The molecule has 0 unspecified atom stereocenters. The summed E-state index contributed by atoms with van der Waals surface area (Å²) in [5, 5.41) is 3.17. The van der Waals surface area contributed by atoms with Crippen LogP contribution in [0.1, 0.15) is 29.8 Å². The van der Waals surface area contributed by atoms with E-state index in [0.717, 1.165) is 5.56 Å². The first-order valence-corrected chi connectivity index (χ1v) is 9.43. The van der Waals surface area contributed by atoms with Gasteiger partial charge in [-0.1, -0.05) is 43.6 Å². The summed E-state index contributed by atoms with van der Waals surface area (Å²) in [5.41, 5.74) is 1.26. The minimum absolute atomic E-state index is 0.0851. The summed E-state index contributed by atoms with van der Waals surface area (Å²) >= 11 is 6.10. The van der Waals surface area contributed by atoms with Crippen LogP contribution < -0.4 is 14.8 Å². The quantitative estimate of drug-likeness (QED) is 0.803. The van der Waals surface area contributed by atoms with Crippen molar-refractivity contribution >= 4 is 23.4 Å². The topological polar surface area (TPSA) is 67.9 Å². The number of nitrogens with zero attached hydrogens (tertiary/aromatic N) is 1. The summed E-state index contributed by atoms with van der Waals surface area (Å²) in [7, 11) is 1.71. The van der Waals surface area contributed by atoms with Gasteiger partial charge in [-0.3, -0.25) is 9.59 Å². The van der Waals surface area contributed by atoms with Crippen molar-refractivity contribution in [2.45, 2.75) is 26.4 Å². The van der Waals surface area contributed by atoms with E-state index in [1.165, 1.54) is 0 Å². The average molecular weight is 403 g/mol. The van der Waals surface area contributed by atoms with Crippen molar-refractivity contribution in [3.05, 3.63) is 58.6 Å². The van der Waals surface area contributed by atoms with Gasteiger partial charge in [-0.2, -0.15) is 0 Å². The largest absolute Gasteiger partial charge is 0.454 e. The molecule has 2 amide bonds. The van der Waals surface area contributed by atoms with Gasteiger partial charge < -0.3 is 19.7 Å². The first-order chi connectivity index (χ1) is 13.4. The maximum atomic E-state index is 13.0. The lowest BCUT2D eigenvalue weighted by Gasteiger charge is -2.27. The number of benzene rings is 2. The molecule has 7 heteroatoms. The minimum atomic E-state index is -0.664. The normalized spacial score (nSPS) is 13.3. The van der Waals surface area contributed by atoms with Crippen molar-refractivity contribution in [2.75, 3.05) is 13.8 Å². The summed E-state index contributed by atoms with van der Waals surface area (Å²) in [6.45, 7) is 4.38. The number of rotatable bonds is 6. The van der Waals surface area contributed by atoms with E-state index in [2.05, 4.69) is 5.32 Å². The van der Waals surface area contributed by atoms with Crippen LogP contribution in [0.5, 0.6) is 11.5 Å².